The molecule has 67 valence electrons. The molecule has 0 aromatic rings. The molecule has 1 heteroatoms. The molecule has 0 saturated carbocycles. The van der Waals surface area contributed by atoms with E-state index < -0.39 is 0 Å². The molecule has 0 aromatic heterocycles. The van der Waals surface area contributed by atoms with Crippen LogP contribution in [-0.2, 0) is 0 Å². The summed E-state index contributed by atoms with van der Waals surface area (Å²) < 4.78 is 0. The van der Waals surface area contributed by atoms with Crippen LogP contribution in [0.25, 0.3) is 0 Å². The zero-order chi connectivity index (χ0) is 9.43. The summed E-state index contributed by atoms with van der Waals surface area (Å²) in [6, 6.07) is 0. The number of rotatable bonds is 0. The maximum Gasteiger partial charge on any atom is 0.107 e. The van der Waals surface area contributed by atoms with E-state index in [1.54, 1.807) is 0 Å². The predicted octanol–water partition coefficient (Wildman–Crippen LogP) is 2.19. The van der Waals surface area contributed by atoms with Gasteiger partial charge >= 0.3 is 0 Å². The lowest BCUT2D eigenvalue weighted by Crippen LogP contribution is -2.46. The van der Waals surface area contributed by atoms with Gasteiger partial charge in [-0.05, 0) is 17.2 Å². The van der Waals surface area contributed by atoms with Crippen molar-refractivity contribution in [3.05, 3.63) is 72.0 Å². The standard InChI is InChI=1S/C13H10N/c1-2-9-13-11(5-1)6-3-7-12(13)8-4-10-14-13/h1-9,14H. The fourth-order valence-electron chi connectivity index (χ4n) is 2.08. The zero-order valence-corrected chi connectivity index (χ0v) is 7.70. The zero-order valence-electron chi connectivity index (χ0n) is 7.70. The van der Waals surface area contributed by atoms with E-state index in [1.807, 2.05) is 6.08 Å². The van der Waals surface area contributed by atoms with Gasteiger partial charge in [-0.3, -0.25) is 0 Å². The Balaban J connectivity index is 2.22. The van der Waals surface area contributed by atoms with Crippen molar-refractivity contribution in [3.8, 4) is 0 Å². The lowest BCUT2D eigenvalue weighted by molar-refractivity contribution is 0.607. The van der Waals surface area contributed by atoms with Crippen molar-refractivity contribution < 1.29 is 0 Å². The van der Waals surface area contributed by atoms with E-state index in [-0.39, 0.29) is 5.54 Å². The molecule has 1 N–H and O–H groups in total. The first-order valence-electron chi connectivity index (χ1n) is 4.73. The van der Waals surface area contributed by atoms with Crippen LogP contribution in [0, 0.1) is 6.20 Å². The molecule has 0 saturated heterocycles. The third-order valence-electron chi connectivity index (χ3n) is 2.81. The van der Waals surface area contributed by atoms with Crippen LogP contribution in [0.3, 0.4) is 0 Å². The van der Waals surface area contributed by atoms with Crippen LogP contribution in [-0.4, -0.2) is 5.54 Å². The summed E-state index contributed by atoms with van der Waals surface area (Å²) in [6.07, 6.45) is 21.9. The van der Waals surface area contributed by atoms with Crippen LogP contribution in [0.15, 0.2) is 65.8 Å². The highest BCUT2D eigenvalue weighted by Crippen LogP contribution is 2.36. The second-order valence-corrected chi connectivity index (χ2v) is 3.57. The van der Waals surface area contributed by atoms with E-state index in [0.29, 0.717) is 0 Å². The van der Waals surface area contributed by atoms with Gasteiger partial charge in [0.25, 0.3) is 0 Å². The number of allylic oxidation sites excluding steroid dienone is 6. The van der Waals surface area contributed by atoms with Gasteiger partial charge in [0.1, 0.15) is 5.54 Å². The number of nitrogens with one attached hydrogen (secondary N) is 1. The van der Waals surface area contributed by atoms with E-state index in [4.69, 9.17) is 0 Å². The molecule has 3 rings (SSSR count). The molecule has 1 nitrogen and oxygen atoms in total. The molecule has 1 heterocycles. The predicted molar refractivity (Wildman–Crippen MR) is 57.3 cm³/mol. The van der Waals surface area contributed by atoms with Crippen molar-refractivity contribution in [1.29, 1.82) is 0 Å². The number of hydrogen-bond donors (Lipinski definition) is 1. The van der Waals surface area contributed by atoms with Crippen molar-refractivity contribution in [2.45, 2.75) is 5.54 Å². The van der Waals surface area contributed by atoms with Gasteiger partial charge in [-0.1, -0.05) is 48.6 Å². The van der Waals surface area contributed by atoms with Gasteiger partial charge < -0.3 is 5.32 Å². The molecule has 14 heavy (non-hydrogen) atoms. The molecular formula is C13H10N. The largest absolute Gasteiger partial charge is 0.367 e. The Bertz CT molecular complexity index is 434. The summed E-state index contributed by atoms with van der Waals surface area (Å²) in [5, 5.41) is 3.31. The van der Waals surface area contributed by atoms with Crippen molar-refractivity contribution in [1.82, 2.24) is 5.32 Å². The Morgan fingerprint density at radius 1 is 1.00 bits per heavy atom. The lowest BCUT2D eigenvalue weighted by Gasteiger charge is -2.38. The third kappa shape index (κ3) is 0.841. The van der Waals surface area contributed by atoms with Gasteiger partial charge in [0.05, 0.1) is 6.20 Å². The molecule has 0 aromatic carbocycles. The average molecular weight is 180 g/mol. The van der Waals surface area contributed by atoms with Crippen molar-refractivity contribution in [3.63, 3.8) is 0 Å². The maximum atomic E-state index is 3.31. The minimum absolute atomic E-state index is 0.155. The molecule has 2 aliphatic carbocycles. The highest BCUT2D eigenvalue weighted by atomic mass is 15.0. The van der Waals surface area contributed by atoms with E-state index in [9.17, 15) is 0 Å². The first-order chi connectivity index (χ1) is 6.92. The second-order valence-electron chi connectivity index (χ2n) is 3.57. The van der Waals surface area contributed by atoms with Crippen LogP contribution < -0.4 is 5.32 Å². The van der Waals surface area contributed by atoms with Gasteiger partial charge in [-0.25, -0.2) is 0 Å². The van der Waals surface area contributed by atoms with E-state index >= 15 is 0 Å². The monoisotopic (exact) mass is 180 g/mol. The van der Waals surface area contributed by atoms with Gasteiger partial charge in [-0.15, -0.1) is 0 Å². The second kappa shape index (κ2) is 2.61. The van der Waals surface area contributed by atoms with Gasteiger partial charge in [0.2, 0.25) is 0 Å². The van der Waals surface area contributed by atoms with E-state index in [1.165, 1.54) is 11.1 Å². The van der Waals surface area contributed by atoms with Crippen LogP contribution >= 0.6 is 0 Å². The number of dihydropyridines is 1. The summed E-state index contributed by atoms with van der Waals surface area (Å²) in [5.74, 6) is 0. The Morgan fingerprint density at radius 3 is 2.86 bits per heavy atom. The molecule has 0 amide bonds. The Kier molecular flexibility index (Phi) is 1.42. The minimum atomic E-state index is -0.155. The molecule has 1 radical (unpaired) electrons. The van der Waals surface area contributed by atoms with Crippen molar-refractivity contribution in [2.24, 2.45) is 0 Å². The number of hydrogen-bond acceptors (Lipinski definition) is 1. The molecule has 1 unspecified atom stereocenters. The van der Waals surface area contributed by atoms with Gasteiger partial charge in [0.15, 0.2) is 0 Å². The highest BCUT2D eigenvalue weighted by Gasteiger charge is 2.35. The van der Waals surface area contributed by atoms with E-state index in [2.05, 4.69) is 60.1 Å². The molecule has 1 atom stereocenters. The highest BCUT2D eigenvalue weighted by molar-refractivity contribution is 5.60. The Labute approximate surface area is 83.5 Å². The maximum absolute atomic E-state index is 3.31. The van der Waals surface area contributed by atoms with Crippen LogP contribution in [0.5, 0.6) is 0 Å². The minimum Gasteiger partial charge on any atom is -0.367 e. The summed E-state index contributed by atoms with van der Waals surface area (Å²) in [4.78, 5) is 0. The Hall–Kier alpha value is -1.76. The van der Waals surface area contributed by atoms with Gasteiger partial charge in [-0.2, -0.15) is 0 Å². The van der Waals surface area contributed by atoms with E-state index in [0.717, 1.165) is 0 Å². The summed E-state index contributed by atoms with van der Waals surface area (Å²) in [7, 11) is 0. The lowest BCUT2D eigenvalue weighted by atomic mass is 9.75. The summed E-state index contributed by atoms with van der Waals surface area (Å²) in [5.41, 5.74) is 2.39. The van der Waals surface area contributed by atoms with Crippen LogP contribution in [0.4, 0.5) is 0 Å². The van der Waals surface area contributed by atoms with Crippen LogP contribution in [0.2, 0.25) is 0 Å². The molecule has 3 aliphatic rings. The summed E-state index contributed by atoms with van der Waals surface area (Å²) >= 11 is 0. The smallest absolute Gasteiger partial charge is 0.107 e. The molecule has 0 fully saturated rings. The third-order valence-corrected chi connectivity index (χ3v) is 2.81. The average Bonchev–Trinajstić information content (AvgIpc) is 2.26. The molecular weight excluding hydrogens is 170 g/mol. The fourth-order valence-corrected chi connectivity index (χ4v) is 2.08. The van der Waals surface area contributed by atoms with Crippen molar-refractivity contribution in [2.75, 3.05) is 0 Å². The van der Waals surface area contributed by atoms with Gasteiger partial charge in [0, 0.05) is 0 Å². The first kappa shape index (κ1) is 7.63. The molecule has 1 spiro atoms. The molecule has 1 aliphatic heterocycles. The molecule has 0 bridgehead atoms. The van der Waals surface area contributed by atoms with Crippen LogP contribution in [0.1, 0.15) is 0 Å². The SMILES string of the molecule is [C]1=CC=C2C=CC=C3C=CC=CC23N1. The first-order valence-corrected chi connectivity index (χ1v) is 4.73. The summed E-state index contributed by atoms with van der Waals surface area (Å²) in [6.45, 7) is 0. The topological polar surface area (TPSA) is 12.0 Å². The normalized spacial score (nSPS) is 31.4. The fraction of sp³-hybridized carbons (Fsp3) is 0.0769. The quantitative estimate of drug-likeness (QED) is 0.602. The van der Waals surface area contributed by atoms with Crippen molar-refractivity contribution >= 4 is 0 Å². The Morgan fingerprint density at radius 2 is 1.86 bits per heavy atom.